The van der Waals surface area contributed by atoms with Crippen molar-refractivity contribution in [2.45, 2.75) is 53.4 Å². The van der Waals surface area contributed by atoms with E-state index in [1.54, 1.807) is 0 Å². The van der Waals surface area contributed by atoms with Gasteiger partial charge in [-0.15, -0.1) is 0 Å². The average molecular weight is 252 g/mol. The summed E-state index contributed by atoms with van der Waals surface area (Å²) < 4.78 is 0. The second kappa shape index (κ2) is 11.2. The van der Waals surface area contributed by atoms with E-state index in [1.807, 2.05) is 0 Å². The molecule has 0 aliphatic carbocycles. The summed E-state index contributed by atoms with van der Waals surface area (Å²) in [5.41, 5.74) is 4.23. The van der Waals surface area contributed by atoms with Crippen molar-refractivity contribution >= 4 is 0 Å². The van der Waals surface area contributed by atoms with E-state index in [9.17, 15) is 0 Å². The van der Waals surface area contributed by atoms with Crippen LogP contribution in [0.2, 0.25) is 0 Å². The third kappa shape index (κ3) is 11.6. The van der Waals surface area contributed by atoms with Gasteiger partial charge >= 0.3 is 0 Å². The number of hydrogen-bond acceptors (Lipinski definition) is 2. The van der Waals surface area contributed by atoms with Crippen LogP contribution in [0.1, 0.15) is 53.4 Å². The molecule has 0 radical (unpaired) electrons. The molecule has 0 bridgehead atoms. The minimum Gasteiger partial charge on any atom is -0.240 e. The van der Waals surface area contributed by atoms with Crippen molar-refractivity contribution in [1.29, 1.82) is 0 Å². The lowest BCUT2D eigenvalue weighted by atomic mass is 10.1. The molecular formula is C16H28O2. The number of allylic oxidation sites excluding steroid dienone is 5. The molecule has 0 aromatic rings. The molecule has 0 rings (SSSR count). The number of hydrogen-bond donors (Lipinski definition) is 0. The van der Waals surface area contributed by atoms with Crippen LogP contribution in [0.25, 0.3) is 0 Å². The molecule has 0 atom stereocenters. The van der Waals surface area contributed by atoms with E-state index < -0.39 is 0 Å². The zero-order valence-corrected chi connectivity index (χ0v) is 12.6. The molecule has 104 valence electrons. The predicted molar refractivity (Wildman–Crippen MR) is 78.4 cm³/mol. The van der Waals surface area contributed by atoms with Crippen molar-refractivity contribution < 1.29 is 9.78 Å². The van der Waals surface area contributed by atoms with E-state index in [2.05, 4.69) is 50.8 Å². The molecule has 0 N–H and O–H groups in total. The lowest BCUT2D eigenvalue weighted by Gasteiger charge is -2.01. The highest BCUT2D eigenvalue weighted by molar-refractivity contribution is 5.05. The van der Waals surface area contributed by atoms with Gasteiger partial charge in [-0.05, 0) is 53.4 Å². The molecule has 0 fully saturated rings. The quantitative estimate of drug-likeness (QED) is 0.249. The molecule has 0 aliphatic heterocycles. The molecule has 0 heterocycles. The third-order valence-electron chi connectivity index (χ3n) is 2.74. The van der Waals surface area contributed by atoms with Gasteiger partial charge in [0.25, 0.3) is 0 Å². The SMILES string of the molecule is COOCC=C(C)CCC=C(C)CCC=C(C)C. The fraction of sp³-hybridized carbons (Fsp3) is 0.625. The van der Waals surface area contributed by atoms with Crippen molar-refractivity contribution in [1.82, 2.24) is 0 Å². The molecular weight excluding hydrogens is 224 g/mol. The fourth-order valence-corrected chi connectivity index (χ4v) is 1.58. The monoisotopic (exact) mass is 252 g/mol. The summed E-state index contributed by atoms with van der Waals surface area (Å²) in [5.74, 6) is 0. The lowest BCUT2D eigenvalue weighted by Crippen LogP contribution is -1.89. The Bertz CT molecular complexity index is 294. The van der Waals surface area contributed by atoms with Crippen LogP contribution in [-0.4, -0.2) is 13.7 Å². The smallest absolute Gasteiger partial charge is 0.101 e. The van der Waals surface area contributed by atoms with E-state index in [0.29, 0.717) is 6.61 Å². The third-order valence-corrected chi connectivity index (χ3v) is 2.74. The molecule has 0 amide bonds. The maximum Gasteiger partial charge on any atom is 0.101 e. The van der Waals surface area contributed by atoms with Gasteiger partial charge in [-0.1, -0.05) is 34.9 Å². The highest BCUT2D eigenvalue weighted by Gasteiger charge is 1.92. The Morgan fingerprint density at radius 1 is 0.833 bits per heavy atom. The van der Waals surface area contributed by atoms with Gasteiger partial charge in [-0.25, -0.2) is 9.78 Å². The van der Waals surface area contributed by atoms with Crippen LogP contribution < -0.4 is 0 Å². The van der Waals surface area contributed by atoms with E-state index in [0.717, 1.165) is 19.3 Å². The summed E-state index contributed by atoms with van der Waals surface area (Å²) in [6, 6.07) is 0. The van der Waals surface area contributed by atoms with Gasteiger partial charge < -0.3 is 0 Å². The van der Waals surface area contributed by atoms with Crippen LogP contribution >= 0.6 is 0 Å². The topological polar surface area (TPSA) is 18.5 Å². The van der Waals surface area contributed by atoms with Gasteiger partial charge in [0.05, 0.1) is 7.11 Å². The van der Waals surface area contributed by atoms with Crippen molar-refractivity contribution in [2.75, 3.05) is 13.7 Å². The van der Waals surface area contributed by atoms with Crippen LogP contribution in [0.15, 0.2) is 34.9 Å². The van der Waals surface area contributed by atoms with Gasteiger partial charge in [-0.2, -0.15) is 0 Å². The summed E-state index contributed by atoms with van der Waals surface area (Å²) in [4.78, 5) is 9.35. The molecule has 18 heavy (non-hydrogen) atoms. The van der Waals surface area contributed by atoms with Gasteiger partial charge in [0.1, 0.15) is 6.61 Å². The Kier molecular flexibility index (Phi) is 10.7. The Morgan fingerprint density at radius 2 is 1.39 bits per heavy atom. The maximum absolute atomic E-state index is 4.81. The highest BCUT2D eigenvalue weighted by Crippen LogP contribution is 2.11. The molecule has 0 saturated carbocycles. The largest absolute Gasteiger partial charge is 0.240 e. The molecule has 0 aromatic carbocycles. The number of rotatable bonds is 9. The second-order valence-electron chi connectivity index (χ2n) is 4.91. The summed E-state index contributed by atoms with van der Waals surface area (Å²) in [7, 11) is 1.53. The first-order valence-electron chi connectivity index (χ1n) is 6.66. The molecule has 0 saturated heterocycles. The van der Waals surface area contributed by atoms with E-state index in [1.165, 1.54) is 30.2 Å². The van der Waals surface area contributed by atoms with Gasteiger partial charge in [-0.3, -0.25) is 0 Å². The summed E-state index contributed by atoms with van der Waals surface area (Å²) in [6.45, 7) is 9.17. The normalized spacial score (nSPS) is 12.7. The summed E-state index contributed by atoms with van der Waals surface area (Å²) >= 11 is 0. The van der Waals surface area contributed by atoms with Crippen molar-refractivity contribution in [3.8, 4) is 0 Å². The predicted octanol–water partition coefficient (Wildman–Crippen LogP) is 4.98. The summed E-state index contributed by atoms with van der Waals surface area (Å²) in [5, 5.41) is 0. The first-order valence-corrected chi connectivity index (χ1v) is 6.66. The second-order valence-corrected chi connectivity index (χ2v) is 4.91. The Labute approximate surface area is 112 Å². The van der Waals surface area contributed by atoms with Crippen LogP contribution in [0.4, 0.5) is 0 Å². The van der Waals surface area contributed by atoms with Crippen molar-refractivity contribution in [3.63, 3.8) is 0 Å². The van der Waals surface area contributed by atoms with Gasteiger partial charge in [0.15, 0.2) is 0 Å². The van der Waals surface area contributed by atoms with E-state index in [4.69, 9.17) is 4.89 Å². The first-order chi connectivity index (χ1) is 8.56. The lowest BCUT2D eigenvalue weighted by molar-refractivity contribution is -0.263. The molecule has 0 spiro atoms. The maximum atomic E-state index is 4.81. The molecule has 0 unspecified atom stereocenters. The van der Waals surface area contributed by atoms with Crippen LogP contribution in [0, 0.1) is 0 Å². The van der Waals surface area contributed by atoms with E-state index in [-0.39, 0.29) is 0 Å². The Balaban J connectivity index is 3.79. The van der Waals surface area contributed by atoms with E-state index >= 15 is 0 Å². The van der Waals surface area contributed by atoms with Gasteiger partial charge in [0.2, 0.25) is 0 Å². The van der Waals surface area contributed by atoms with Crippen molar-refractivity contribution in [3.05, 3.63) is 34.9 Å². The zero-order chi connectivity index (χ0) is 13.8. The summed E-state index contributed by atoms with van der Waals surface area (Å²) in [6.07, 6.45) is 11.2. The minimum atomic E-state index is 0.533. The van der Waals surface area contributed by atoms with Crippen LogP contribution in [-0.2, 0) is 9.78 Å². The molecule has 0 aromatic heterocycles. The van der Waals surface area contributed by atoms with Crippen LogP contribution in [0.5, 0.6) is 0 Å². The Hall–Kier alpha value is -0.860. The van der Waals surface area contributed by atoms with Crippen molar-refractivity contribution in [2.24, 2.45) is 0 Å². The minimum absolute atomic E-state index is 0.533. The Morgan fingerprint density at radius 3 is 1.94 bits per heavy atom. The average Bonchev–Trinajstić information content (AvgIpc) is 2.29. The van der Waals surface area contributed by atoms with Gasteiger partial charge in [0, 0.05) is 0 Å². The zero-order valence-electron chi connectivity index (χ0n) is 12.6. The highest BCUT2D eigenvalue weighted by atomic mass is 17.2. The standard InChI is InChI=1S/C16H28O2/c1-14(2)8-6-9-15(3)10-7-11-16(4)12-13-18-17-5/h8,10,12H,6-7,9,11,13H2,1-5H3. The van der Waals surface area contributed by atoms with Crippen LogP contribution in [0.3, 0.4) is 0 Å². The fourth-order valence-electron chi connectivity index (χ4n) is 1.58. The molecule has 2 heteroatoms. The molecule has 2 nitrogen and oxygen atoms in total. The first kappa shape index (κ1) is 17.1. The molecule has 0 aliphatic rings.